The number of aliphatic hydroxyl groups excluding tert-OH is 6. The molecule has 3 heterocycles. The Morgan fingerprint density at radius 3 is 2.40 bits per heavy atom. The molecule has 25 heavy (non-hydrogen) atoms. The summed E-state index contributed by atoms with van der Waals surface area (Å²) in [7, 11) is 0. The summed E-state index contributed by atoms with van der Waals surface area (Å²) in [6.45, 7) is -0.908. The van der Waals surface area contributed by atoms with Crippen molar-refractivity contribution in [3.05, 3.63) is 12.3 Å². The van der Waals surface area contributed by atoms with E-state index in [4.69, 9.17) is 18.9 Å². The maximum atomic E-state index is 10.3. The van der Waals surface area contributed by atoms with Crippen LogP contribution in [0.15, 0.2) is 12.3 Å². The van der Waals surface area contributed by atoms with E-state index in [1.165, 1.54) is 6.26 Å². The average molecular weight is 362 g/mol. The molecular formula is C15H22O10. The van der Waals surface area contributed by atoms with Crippen LogP contribution in [0.4, 0.5) is 0 Å². The molecule has 0 aromatic carbocycles. The van der Waals surface area contributed by atoms with Crippen molar-refractivity contribution in [3.8, 4) is 0 Å². The first-order valence-corrected chi connectivity index (χ1v) is 8.19. The quantitative estimate of drug-likeness (QED) is 0.276. The first-order chi connectivity index (χ1) is 11.9. The van der Waals surface area contributed by atoms with Gasteiger partial charge in [-0.1, -0.05) is 0 Å². The molecule has 4 rings (SSSR count). The van der Waals surface area contributed by atoms with E-state index >= 15 is 0 Å². The summed E-state index contributed by atoms with van der Waals surface area (Å²) >= 11 is 0. The topological polar surface area (TPSA) is 162 Å². The van der Waals surface area contributed by atoms with Crippen LogP contribution in [0.2, 0.25) is 0 Å². The molecule has 2 saturated heterocycles. The number of rotatable bonds is 4. The molecule has 0 spiro atoms. The Morgan fingerprint density at radius 2 is 1.72 bits per heavy atom. The van der Waals surface area contributed by atoms with E-state index in [2.05, 4.69) is 0 Å². The molecule has 0 aromatic rings. The molecule has 4 aliphatic rings. The molecule has 0 bridgehead atoms. The maximum absolute atomic E-state index is 10.3. The zero-order chi connectivity index (χ0) is 17.9. The smallest absolute Gasteiger partial charge is 0.208 e. The van der Waals surface area contributed by atoms with Gasteiger partial charge in [0.2, 0.25) is 6.29 Å². The van der Waals surface area contributed by atoms with Crippen LogP contribution in [0.1, 0.15) is 0 Å². The monoisotopic (exact) mass is 362 g/mol. The van der Waals surface area contributed by atoms with Crippen molar-refractivity contribution in [2.45, 2.75) is 54.8 Å². The summed E-state index contributed by atoms with van der Waals surface area (Å²) in [6, 6.07) is 0. The molecule has 1 aliphatic carbocycles. The summed E-state index contributed by atoms with van der Waals surface area (Å²) in [5, 5.41) is 59.0. The van der Waals surface area contributed by atoms with E-state index in [1.54, 1.807) is 6.08 Å². The van der Waals surface area contributed by atoms with Gasteiger partial charge in [-0.15, -0.1) is 0 Å². The van der Waals surface area contributed by atoms with Gasteiger partial charge in [0.1, 0.15) is 36.1 Å². The number of epoxide rings is 1. The maximum Gasteiger partial charge on any atom is 0.208 e. The molecule has 0 aromatic heterocycles. The Bertz CT molecular complexity index is 540. The van der Waals surface area contributed by atoms with Crippen LogP contribution in [0.3, 0.4) is 0 Å². The lowest BCUT2D eigenvalue weighted by atomic mass is 9.85. The highest BCUT2D eigenvalue weighted by molar-refractivity contribution is 5.24. The lowest BCUT2D eigenvalue weighted by Crippen LogP contribution is -2.60. The third kappa shape index (κ3) is 2.45. The minimum Gasteiger partial charge on any atom is -0.472 e. The molecule has 1 unspecified atom stereocenters. The summed E-state index contributed by atoms with van der Waals surface area (Å²) in [5.74, 6) is -0.913. The van der Waals surface area contributed by atoms with Crippen LogP contribution in [0, 0.1) is 11.8 Å². The zero-order valence-corrected chi connectivity index (χ0v) is 13.2. The highest BCUT2D eigenvalue weighted by Crippen LogP contribution is 2.59. The third-order valence-corrected chi connectivity index (χ3v) is 5.62. The van der Waals surface area contributed by atoms with Crippen LogP contribution in [0.25, 0.3) is 0 Å². The van der Waals surface area contributed by atoms with Gasteiger partial charge >= 0.3 is 0 Å². The van der Waals surface area contributed by atoms with Crippen molar-refractivity contribution in [1.29, 1.82) is 0 Å². The second-order valence-corrected chi connectivity index (χ2v) is 6.91. The Hall–Kier alpha value is -0.820. The highest BCUT2D eigenvalue weighted by atomic mass is 16.8. The number of aliphatic hydroxyl groups is 6. The van der Waals surface area contributed by atoms with E-state index in [0.717, 1.165) is 0 Å². The number of ether oxygens (including phenoxy) is 4. The summed E-state index contributed by atoms with van der Waals surface area (Å²) in [5.41, 5.74) is -0.992. The standard InChI is InChI=1S/C15H22O10/c16-3-6-9(19)10(20)11(21)14(23-6)24-13-7-5(1-2-22-13)8(18)12-15(7,4-17)25-12/h1-2,5-14,16-21H,3-4H2/t5-,6-,7-,8+,9-,10+,11-,12+,13+,14+,15?/m1/s1. The summed E-state index contributed by atoms with van der Waals surface area (Å²) < 4.78 is 21.9. The average Bonchev–Trinajstić information content (AvgIpc) is 3.31. The minimum atomic E-state index is -1.57. The Kier molecular flexibility index (Phi) is 4.30. The number of fused-ring (bicyclic) bond motifs is 3. The molecule has 3 fully saturated rings. The second kappa shape index (κ2) is 6.12. The van der Waals surface area contributed by atoms with Crippen LogP contribution in [-0.2, 0) is 18.9 Å². The summed E-state index contributed by atoms with van der Waals surface area (Å²) in [4.78, 5) is 0. The fourth-order valence-electron chi connectivity index (χ4n) is 4.17. The Morgan fingerprint density at radius 1 is 0.960 bits per heavy atom. The van der Waals surface area contributed by atoms with Crippen LogP contribution < -0.4 is 0 Å². The van der Waals surface area contributed by atoms with E-state index in [9.17, 15) is 30.6 Å². The van der Waals surface area contributed by atoms with E-state index in [1.807, 2.05) is 0 Å². The lowest BCUT2D eigenvalue weighted by molar-refractivity contribution is -0.344. The van der Waals surface area contributed by atoms with Gasteiger partial charge in [0.15, 0.2) is 6.29 Å². The molecule has 10 nitrogen and oxygen atoms in total. The molecule has 3 aliphatic heterocycles. The van der Waals surface area contributed by atoms with Crippen LogP contribution >= 0.6 is 0 Å². The number of hydrogen-bond donors (Lipinski definition) is 6. The largest absolute Gasteiger partial charge is 0.472 e. The van der Waals surface area contributed by atoms with E-state index in [-0.39, 0.29) is 12.5 Å². The predicted octanol–water partition coefficient (Wildman–Crippen LogP) is -3.59. The van der Waals surface area contributed by atoms with Crippen molar-refractivity contribution in [2.75, 3.05) is 13.2 Å². The normalized spacial score (nSPS) is 56.9. The van der Waals surface area contributed by atoms with Crippen LogP contribution in [-0.4, -0.2) is 98.7 Å². The zero-order valence-electron chi connectivity index (χ0n) is 13.2. The third-order valence-electron chi connectivity index (χ3n) is 5.62. The van der Waals surface area contributed by atoms with Gasteiger partial charge in [0.25, 0.3) is 0 Å². The van der Waals surface area contributed by atoms with Crippen molar-refractivity contribution >= 4 is 0 Å². The minimum absolute atomic E-state index is 0.332. The van der Waals surface area contributed by atoms with Gasteiger partial charge in [-0.2, -0.15) is 0 Å². The second-order valence-electron chi connectivity index (χ2n) is 6.91. The van der Waals surface area contributed by atoms with Gasteiger partial charge in [-0.3, -0.25) is 0 Å². The molecule has 142 valence electrons. The van der Waals surface area contributed by atoms with Gasteiger partial charge in [-0.25, -0.2) is 0 Å². The fraction of sp³-hybridized carbons (Fsp3) is 0.867. The number of hydrogen-bond acceptors (Lipinski definition) is 10. The molecular weight excluding hydrogens is 340 g/mol. The van der Waals surface area contributed by atoms with Crippen molar-refractivity contribution in [1.82, 2.24) is 0 Å². The Balaban J connectivity index is 1.53. The van der Waals surface area contributed by atoms with Gasteiger partial charge < -0.3 is 49.6 Å². The van der Waals surface area contributed by atoms with Crippen LogP contribution in [0.5, 0.6) is 0 Å². The van der Waals surface area contributed by atoms with Gasteiger partial charge in [0, 0.05) is 5.92 Å². The Labute approximate surface area is 142 Å². The molecule has 6 N–H and O–H groups in total. The molecule has 10 heteroatoms. The van der Waals surface area contributed by atoms with Gasteiger partial charge in [-0.05, 0) is 6.08 Å². The lowest BCUT2D eigenvalue weighted by Gasteiger charge is -2.43. The van der Waals surface area contributed by atoms with E-state index < -0.39 is 67.3 Å². The predicted molar refractivity (Wildman–Crippen MR) is 76.5 cm³/mol. The highest BCUT2D eigenvalue weighted by Gasteiger charge is 2.75. The van der Waals surface area contributed by atoms with Crippen molar-refractivity contribution in [2.24, 2.45) is 11.8 Å². The van der Waals surface area contributed by atoms with Crippen molar-refractivity contribution < 1.29 is 49.6 Å². The first kappa shape index (κ1) is 17.6. The molecule has 11 atom stereocenters. The fourth-order valence-corrected chi connectivity index (χ4v) is 4.17. The SMILES string of the molecule is OC[C@H]1O[C@@H](O[C@@H]2OC=C[C@H]3[C@H](O)[C@@H]4OC4(CO)[C@@H]23)[C@H](O)[C@@H](O)[C@@H]1O. The van der Waals surface area contributed by atoms with Gasteiger partial charge in [0.05, 0.1) is 31.5 Å². The molecule has 0 radical (unpaired) electrons. The first-order valence-electron chi connectivity index (χ1n) is 8.19. The molecule has 1 saturated carbocycles. The molecule has 0 amide bonds. The summed E-state index contributed by atoms with van der Waals surface area (Å²) in [6.07, 6.45) is -6.47. The van der Waals surface area contributed by atoms with Crippen molar-refractivity contribution in [3.63, 3.8) is 0 Å². The van der Waals surface area contributed by atoms with E-state index in [0.29, 0.717) is 0 Å².